The topological polar surface area (TPSA) is 118 Å². The van der Waals surface area contributed by atoms with Crippen molar-refractivity contribution in [3.05, 3.63) is 40.4 Å². The van der Waals surface area contributed by atoms with Gasteiger partial charge in [-0.15, -0.1) is 0 Å². The second kappa shape index (κ2) is 8.43. The van der Waals surface area contributed by atoms with E-state index >= 15 is 0 Å². The van der Waals surface area contributed by atoms with Crippen LogP contribution in [0.2, 0.25) is 5.02 Å². The predicted octanol–water partition coefficient (Wildman–Crippen LogP) is 0.570. The molecule has 3 N–H and O–H groups in total. The van der Waals surface area contributed by atoms with Gasteiger partial charge in [-0.3, -0.25) is 24.0 Å². The molecule has 2 aromatic rings. The molecule has 0 aliphatic heterocycles. The standard InChI is InChI=1S/C16H19ClN6O3/c1-9-15(10(2)23(3)22-9)21-14(25)8-19-13(24)7-20-16(26)12-6-11(17)4-5-18-12/h4-6H,7-8H2,1-3H3,(H,19,24)(H,20,26)(H,21,25). The van der Waals surface area contributed by atoms with Crippen LogP contribution in [0.15, 0.2) is 18.3 Å². The Morgan fingerprint density at radius 2 is 1.85 bits per heavy atom. The molecule has 138 valence electrons. The Morgan fingerprint density at radius 3 is 2.46 bits per heavy atom. The fraction of sp³-hybridized carbons (Fsp3) is 0.312. The number of pyridine rings is 1. The number of amides is 3. The highest BCUT2D eigenvalue weighted by Crippen LogP contribution is 2.17. The Balaban J connectivity index is 1.78. The summed E-state index contributed by atoms with van der Waals surface area (Å²) in [6.07, 6.45) is 1.39. The van der Waals surface area contributed by atoms with Crippen molar-refractivity contribution in [2.24, 2.45) is 7.05 Å². The van der Waals surface area contributed by atoms with Crippen molar-refractivity contribution in [2.75, 3.05) is 18.4 Å². The molecular formula is C16H19ClN6O3. The molecule has 0 radical (unpaired) electrons. The number of nitrogens with one attached hydrogen (secondary N) is 3. The fourth-order valence-electron chi connectivity index (χ4n) is 2.16. The molecule has 3 amide bonds. The molecule has 10 heteroatoms. The van der Waals surface area contributed by atoms with E-state index in [4.69, 9.17) is 11.6 Å². The van der Waals surface area contributed by atoms with Crippen LogP contribution in [0.5, 0.6) is 0 Å². The van der Waals surface area contributed by atoms with E-state index in [9.17, 15) is 14.4 Å². The summed E-state index contributed by atoms with van der Waals surface area (Å²) in [7, 11) is 1.78. The van der Waals surface area contributed by atoms with Gasteiger partial charge < -0.3 is 16.0 Å². The summed E-state index contributed by atoms with van der Waals surface area (Å²) >= 11 is 5.78. The van der Waals surface area contributed by atoms with Crippen LogP contribution in [0.3, 0.4) is 0 Å². The highest BCUT2D eigenvalue weighted by Gasteiger charge is 2.14. The van der Waals surface area contributed by atoms with Crippen LogP contribution in [0.1, 0.15) is 21.9 Å². The lowest BCUT2D eigenvalue weighted by Crippen LogP contribution is -2.40. The van der Waals surface area contributed by atoms with Crippen molar-refractivity contribution >= 4 is 35.0 Å². The molecule has 0 atom stereocenters. The molecule has 0 bridgehead atoms. The number of carbonyl (C=O) groups excluding carboxylic acids is 3. The molecule has 9 nitrogen and oxygen atoms in total. The summed E-state index contributed by atoms with van der Waals surface area (Å²) in [6, 6.07) is 2.93. The van der Waals surface area contributed by atoms with E-state index in [0.29, 0.717) is 16.4 Å². The lowest BCUT2D eigenvalue weighted by Gasteiger charge is -2.08. The number of aryl methyl sites for hydroxylation is 2. The van der Waals surface area contributed by atoms with E-state index in [1.165, 1.54) is 18.3 Å². The normalized spacial score (nSPS) is 10.3. The number of rotatable bonds is 6. The number of anilines is 1. The van der Waals surface area contributed by atoms with Crippen LogP contribution >= 0.6 is 11.6 Å². The van der Waals surface area contributed by atoms with Crippen LogP contribution < -0.4 is 16.0 Å². The summed E-state index contributed by atoms with van der Waals surface area (Å²) in [5.74, 6) is -1.43. The minimum absolute atomic E-state index is 0.102. The lowest BCUT2D eigenvalue weighted by atomic mass is 10.3. The van der Waals surface area contributed by atoms with Crippen LogP contribution in [0.25, 0.3) is 0 Å². The van der Waals surface area contributed by atoms with E-state index in [0.717, 1.165) is 5.69 Å². The molecule has 0 fully saturated rings. The Labute approximate surface area is 155 Å². The third-order valence-electron chi connectivity index (χ3n) is 3.58. The monoisotopic (exact) mass is 378 g/mol. The van der Waals surface area contributed by atoms with Gasteiger partial charge in [0.1, 0.15) is 5.69 Å². The average molecular weight is 379 g/mol. The number of hydrogen-bond acceptors (Lipinski definition) is 5. The third-order valence-corrected chi connectivity index (χ3v) is 3.82. The van der Waals surface area contributed by atoms with Gasteiger partial charge in [-0.1, -0.05) is 11.6 Å². The van der Waals surface area contributed by atoms with Gasteiger partial charge in [-0.05, 0) is 26.0 Å². The minimum Gasteiger partial charge on any atom is -0.345 e. The summed E-state index contributed by atoms with van der Waals surface area (Å²) in [6.45, 7) is 3.09. The first-order valence-corrected chi connectivity index (χ1v) is 8.12. The molecule has 0 saturated carbocycles. The smallest absolute Gasteiger partial charge is 0.270 e. The summed E-state index contributed by atoms with van der Waals surface area (Å²) in [4.78, 5) is 39.4. The number of hydrogen-bond donors (Lipinski definition) is 3. The maximum absolute atomic E-state index is 12.0. The third kappa shape index (κ3) is 5.03. The fourth-order valence-corrected chi connectivity index (χ4v) is 2.32. The summed E-state index contributed by atoms with van der Waals surface area (Å²) in [5, 5.41) is 12.1. The zero-order valence-electron chi connectivity index (χ0n) is 14.6. The number of carbonyl (C=O) groups is 3. The number of nitrogens with zero attached hydrogens (tertiary/aromatic N) is 3. The molecule has 2 aromatic heterocycles. The molecule has 26 heavy (non-hydrogen) atoms. The second-order valence-electron chi connectivity index (χ2n) is 5.54. The van der Waals surface area contributed by atoms with Gasteiger partial charge in [0.25, 0.3) is 5.91 Å². The summed E-state index contributed by atoms with van der Waals surface area (Å²) < 4.78 is 1.66. The van der Waals surface area contributed by atoms with Gasteiger partial charge in [-0.2, -0.15) is 5.10 Å². The van der Waals surface area contributed by atoms with Crippen molar-refractivity contribution < 1.29 is 14.4 Å². The van der Waals surface area contributed by atoms with Gasteiger partial charge >= 0.3 is 0 Å². The van der Waals surface area contributed by atoms with E-state index in [2.05, 4.69) is 26.0 Å². The first kappa shape index (κ1) is 19.4. The molecule has 0 aliphatic carbocycles. The maximum atomic E-state index is 12.0. The number of halogens is 1. The zero-order valence-corrected chi connectivity index (χ0v) is 15.3. The summed E-state index contributed by atoms with van der Waals surface area (Å²) in [5.41, 5.74) is 2.21. The van der Waals surface area contributed by atoms with E-state index in [1.54, 1.807) is 18.7 Å². The Hall–Kier alpha value is -2.94. The van der Waals surface area contributed by atoms with Crippen LogP contribution in [0, 0.1) is 13.8 Å². The SMILES string of the molecule is Cc1nn(C)c(C)c1NC(=O)CNC(=O)CNC(=O)c1cc(Cl)ccn1. The van der Waals surface area contributed by atoms with Crippen molar-refractivity contribution in [1.82, 2.24) is 25.4 Å². The lowest BCUT2D eigenvalue weighted by molar-refractivity contribution is -0.123. The highest BCUT2D eigenvalue weighted by atomic mass is 35.5. The first-order valence-electron chi connectivity index (χ1n) is 7.74. The predicted molar refractivity (Wildman–Crippen MR) is 95.9 cm³/mol. The van der Waals surface area contributed by atoms with Gasteiger partial charge in [0.05, 0.1) is 30.2 Å². The van der Waals surface area contributed by atoms with Crippen LogP contribution in [-0.2, 0) is 16.6 Å². The van der Waals surface area contributed by atoms with Crippen LogP contribution in [0.4, 0.5) is 5.69 Å². The van der Waals surface area contributed by atoms with Gasteiger partial charge in [0, 0.05) is 18.3 Å². The van der Waals surface area contributed by atoms with Gasteiger partial charge in [-0.25, -0.2) is 0 Å². The molecule has 2 rings (SSSR count). The Morgan fingerprint density at radius 1 is 1.15 bits per heavy atom. The van der Waals surface area contributed by atoms with Gasteiger partial charge in [0.15, 0.2) is 0 Å². The van der Waals surface area contributed by atoms with Crippen molar-refractivity contribution in [3.8, 4) is 0 Å². The zero-order chi connectivity index (χ0) is 19.3. The van der Waals surface area contributed by atoms with Crippen LogP contribution in [-0.4, -0.2) is 45.6 Å². The van der Waals surface area contributed by atoms with Crippen molar-refractivity contribution in [2.45, 2.75) is 13.8 Å². The average Bonchev–Trinajstić information content (AvgIpc) is 2.84. The van der Waals surface area contributed by atoms with E-state index in [-0.39, 0.29) is 24.7 Å². The highest BCUT2D eigenvalue weighted by molar-refractivity contribution is 6.30. The van der Waals surface area contributed by atoms with Crippen molar-refractivity contribution in [3.63, 3.8) is 0 Å². The van der Waals surface area contributed by atoms with E-state index < -0.39 is 11.8 Å². The molecule has 0 saturated heterocycles. The second-order valence-corrected chi connectivity index (χ2v) is 5.97. The molecule has 0 spiro atoms. The Kier molecular flexibility index (Phi) is 6.29. The van der Waals surface area contributed by atoms with Crippen molar-refractivity contribution in [1.29, 1.82) is 0 Å². The maximum Gasteiger partial charge on any atom is 0.270 e. The largest absolute Gasteiger partial charge is 0.345 e. The molecule has 2 heterocycles. The quantitative estimate of drug-likeness (QED) is 0.679. The molecule has 0 aromatic carbocycles. The minimum atomic E-state index is -0.534. The first-order chi connectivity index (χ1) is 12.3. The van der Waals surface area contributed by atoms with Gasteiger partial charge in [0.2, 0.25) is 11.8 Å². The Bertz CT molecular complexity index is 849. The molecular weight excluding hydrogens is 360 g/mol. The van der Waals surface area contributed by atoms with E-state index in [1.807, 2.05) is 6.92 Å². The number of aromatic nitrogens is 3. The molecule has 0 aliphatic rings. The molecule has 0 unspecified atom stereocenters.